The number of nitrogens with zero attached hydrogens (tertiary/aromatic N) is 1. The largest absolute Gasteiger partial charge is 0.378 e. The molecular weight excluding hydrogens is 319 g/mol. The van der Waals surface area contributed by atoms with Crippen molar-refractivity contribution < 1.29 is 4.74 Å². The normalized spacial score (nSPS) is 20.2. The average Bonchev–Trinajstić information content (AvgIpc) is 2.76. The van der Waals surface area contributed by atoms with Crippen molar-refractivity contribution in [3.05, 3.63) is 25.4 Å². The molecular formula is C11H15IN2O2. The Balaban J connectivity index is 2.20. The Morgan fingerprint density at radius 2 is 2.44 bits per heavy atom. The fourth-order valence-electron chi connectivity index (χ4n) is 1.91. The lowest BCUT2D eigenvalue weighted by Gasteiger charge is -2.09. The van der Waals surface area contributed by atoms with E-state index >= 15 is 0 Å². The van der Waals surface area contributed by atoms with Crippen LogP contribution in [0.4, 0.5) is 0 Å². The molecule has 88 valence electrons. The zero-order valence-electron chi connectivity index (χ0n) is 9.25. The second-order valence-electron chi connectivity index (χ2n) is 3.97. The topological polar surface area (TPSA) is 55.0 Å². The van der Waals surface area contributed by atoms with Gasteiger partial charge in [-0.05, 0) is 41.9 Å². The van der Waals surface area contributed by atoms with Gasteiger partial charge < -0.3 is 9.72 Å². The highest BCUT2D eigenvalue weighted by Crippen LogP contribution is 2.15. The van der Waals surface area contributed by atoms with Gasteiger partial charge in [0.15, 0.2) is 0 Å². The van der Waals surface area contributed by atoms with Crippen molar-refractivity contribution >= 4 is 22.6 Å². The van der Waals surface area contributed by atoms with E-state index in [1.54, 1.807) is 0 Å². The molecule has 1 fully saturated rings. The summed E-state index contributed by atoms with van der Waals surface area (Å²) in [6.07, 6.45) is 3.92. The van der Waals surface area contributed by atoms with Gasteiger partial charge >= 0.3 is 0 Å². The van der Waals surface area contributed by atoms with Crippen molar-refractivity contribution in [2.45, 2.75) is 38.7 Å². The third-order valence-electron chi connectivity index (χ3n) is 2.76. The zero-order valence-corrected chi connectivity index (χ0v) is 11.4. The van der Waals surface area contributed by atoms with Crippen molar-refractivity contribution in [2.75, 3.05) is 6.61 Å². The summed E-state index contributed by atoms with van der Waals surface area (Å²) >= 11 is 2.05. The van der Waals surface area contributed by atoms with Crippen LogP contribution in [0.25, 0.3) is 0 Å². The van der Waals surface area contributed by atoms with Crippen molar-refractivity contribution in [3.8, 4) is 0 Å². The van der Waals surface area contributed by atoms with Gasteiger partial charge in [-0.1, -0.05) is 6.92 Å². The Morgan fingerprint density at radius 3 is 3.06 bits per heavy atom. The Kier molecular flexibility index (Phi) is 3.96. The lowest BCUT2D eigenvalue weighted by molar-refractivity contribution is 0.109. The van der Waals surface area contributed by atoms with Crippen LogP contribution in [-0.4, -0.2) is 22.7 Å². The minimum Gasteiger partial charge on any atom is -0.378 e. The number of aryl methyl sites for hydroxylation is 1. The third-order valence-corrected chi connectivity index (χ3v) is 3.87. The maximum absolute atomic E-state index is 11.6. The minimum atomic E-state index is -0.0274. The van der Waals surface area contributed by atoms with Crippen LogP contribution in [-0.2, 0) is 17.6 Å². The number of aromatic nitrogens is 2. The summed E-state index contributed by atoms with van der Waals surface area (Å²) in [5.74, 6) is 0.758. The van der Waals surface area contributed by atoms with E-state index in [9.17, 15) is 4.79 Å². The van der Waals surface area contributed by atoms with Gasteiger partial charge in [-0.3, -0.25) is 4.79 Å². The van der Waals surface area contributed by atoms with Gasteiger partial charge in [0.25, 0.3) is 5.56 Å². The van der Waals surface area contributed by atoms with Gasteiger partial charge in [-0.25, -0.2) is 4.98 Å². The molecule has 0 amide bonds. The lowest BCUT2D eigenvalue weighted by atomic mass is 10.2. The van der Waals surface area contributed by atoms with Gasteiger partial charge in [-0.15, -0.1) is 0 Å². The molecule has 1 aliphatic heterocycles. The predicted octanol–water partition coefficient (Wildman–Crippen LogP) is 1.66. The standard InChI is InChI=1S/C11H15IN2O2/c1-2-8-10(12)11(15)14-9(13-8)6-7-4-3-5-16-7/h7H,2-6H2,1H3,(H,13,14,15). The lowest BCUT2D eigenvalue weighted by Crippen LogP contribution is -2.21. The molecule has 1 aromatic rings. The maximum atomic E-state index is 11.6. The van der Waals surface area contributed by atoms with E-state index in [1.165, 1.54) is 0 Å². The Bertz CT molecular complexity index is 424. The predicted molar refractivity (Wildman–Crippen MR) is 69.6 cm³/mol. The van der Waals surface area contributed by atoms with Crippen LogP contribution in [0, 0.1) is 3.57 Å². The molecule has 1 atom stereocenters. The maximum Gasteiger partial charge on any atom is 0.264 e. The molecule has 1 N–H and O–H groups in total. The summed E-state index contributed by atoms with van der Waals surface area (Å²) < 4.78 is 6.24. The van der Waals surface area contributed by atoms with Gasteiger partial charge in [0.1, 0.15) is 5.82 Å². The number of ether oxygens (including phenoxy) is 1. The van der Waals surface area contributed by atoms with E-state index in [2.05, 4.69) is 9.97 Å². The van der Waals surface area contributed by atoms with Crippen LogP contribution in [0.3, 0.4) is 0 Å². The second-order valence-corrected chi connectivity index (χ2v) is 5.04. The van der Waals surface area contributed by atoms with Gasteiger partial charge in [-0.2, -0.15) is 0 Å². The molecule has 0 bridgehead atoms. The molecule has 1 saturated heterocycles. The highest BCUT2D eigenvalue weighted by molar-refractivity contribution is 14.1. The fourth-order valence-corrected chi connectivity index (χ4v) is 2.55. The summed E-state index contributed by atoms with van der Waals surface area (Å²) in [5, 5.41) is 0. The van der Waals surface area contributed by atoms with Crippen LogP contribution in [0.1, 0.15) is 31.3 Å². The fraction of sp³-hybridized carbons (Fsp3) is 0.636. The van der Waals surface area contributed by atoms with Gasteiger partial charge in [0.2, 0.25) is 0 Å². The summed E-state index contributed by atoms with van der Waals surface area (Å²) in [6, 6.07) is 0. The quantitative estimate of drug-likeness (QED) is 0.856. The van der Waals surface area contributed by atoms with E-state index in [-0.39, 0.29) is 11.7 Å². The number of halogens is 1. The number of H-pyrrole nitrogens is 1. The van der Waals surface area contributed by atoms with Crippen molar-refractivity contribution in [1.82, 2.24) is 9.97 Å². The number of aromatic amines is 1. The zero-order chi connectivity index (χ0) is 11.5. The van der Waals surface area contributed by atoms with Gasteiger partial charge in [0.05, 0.1) is 15.4 Å². The molecule has 1 aliphatic rings. The molecule has 0 spiro atoms. The van der Waals surface area contributed by atoms with E-state index in [0.29, 0.717) is 3.57 Å². The molecule has 0 saturated carbocycles. The summed E-state index contributed by atoms with van der Waals surface area (Å²) in [7, 11) is 0. The molecule has 2 rings (SSSR count). The minimum absolute atomic E-state index is 0.0274. The first-order chi connectivity index (χ1) is 7.70. The van der Waals surface area contributed by atoms with Gasteiger partial charge in [0, 0.05) is 13.0 Å². The smallest absolute Gasteiger partial charge is 0.264 e. The summed E-state index contributed by atoms with van der Waals surface area (Å²) in [6.45, 7) is 2.85. The molecule has 0 radical (unpaired) electrons. The molecule has 5 heteroatoms. The molecule has 0 aromatic carbocycles. The van der Waals surface area contributed by atoms with Crippen molar-refractivity contribution in [2.24, 2.45) is 0 Å². The highest BCUT2D eigenvalue weighted by atomic mass is 127. The average molecular weight is 334 g/mol. The molecule has 16 heavy (non-hydrogen) atoms. The number of hydrogen-bond donors (Lipinski definition) is 1. The van der Waals surface area contributed by atoms with Crippen LogP contribution >= 0.6 is 22.6 Å². The number of hydrogen-bond acceptors (Lipinski definition) is 3. The highest BCUT2D eigenvalue weighted by Gasteiger charge is 2.18. The van der Waals surface area contributed by atoms with E-state index in [4.69, 9.17) is 4.74 Å². The van der Waals surface area contributed by atoms with E-state index in [1.807, 2.05) is 29.5 Å². The molecule has 1 aromatic heterocycles. The van der Waals surface area contributed by atoms with Crippen LogP contribution in [0.5, 0.6) is 0 Å². The Hall–Kier alpha value is -0.430. The molecule has 0 aliphatic carbocycles. The molecule has 2 heterocycles. The summed E-state index contributed by atoms with van der Waals surface area (Å²) in [4.78, 5) is 18.9. The first-order valence-electron chi connectivity index (χ1n) is 5.60. The van der Waals surface area contributed by atoms with Crippen LogP contribution < -0.4 is 5.56 Å². The first-order valence-corrected chi connectivity index (χ1v) is 6.67. The number of rotatable bonds is 3. The second kappa shape index (κ2) is 5.27. The SMILES string of the molecule is CCc1nc(CC2CCCO2)[nH]c(=O)c1I. The van der Waals surface area contributed by atoms with E-state index < -0.39 is 0 Å². The monoisotopic (exact) mass is 334 g/mol. The third kappa shape index (κ3) is 2.63. The molecule has 1 unspecified atom stereocenters. The van der Waals surface area contributed by atoms with Crippen LogP contribution in [0.2, 0.25) is 0 Å². The first kappa shape index (κ1) is 12.0. The Morgan fingerprint density at radius 1 is 1.62 bits per heavy atom. The molecule has 4 nitrogen and oxygen atoms in total. The van der Waals surface area contributed by atoms with Crippen molar-refractivity contribution in [3.63, 3.8) is 0 Å². The van der Waals surface area contributed by atoms with Crippen molar-refractivity contribution in [1.29, 1.82) is 0 Å². The number of nitrogens with one attached hydrogen (secondary N) is 1. The Labute approximate surface area is 108 Å². The van der Waals surface area contributed by atoms with Crippen LogP contribution in [0.15, 0.2) is 4.79 Å². The summed E-state index contributed by atoms with van der Waals surface area (Å²) in [5.41, 5.74) is 0.859. The van der Waals surface area contributed by atoms with E-state index in [0.717, 1.165) is 43.8 Å².